The molecule has 1 aliphatic rings. The van der Waals surface area contributed by atoms with Gasteiger partial charge in [0.15, 0.2) is 18.0 Å². The normalized spacial score (nSPS) is 15.1. The van der Waals surface area contributed by atoms with Gasteiger partial charge in [0.05, 0.1) is 23.9 Å². The van der Waals surface area contributed by atoms with Gasteiger partial charge in [0.2, 0.25) is 0 Å². The molecule has 0 amide bonds. The van der Waals surface area contributed by atoms with Gasteiger partial charge in [-0.05, 0) is 25.1 Å². The molecule has 0 aliphatic carbocycles. The Kier molecular flexibility index (Phi) is 4.54. The minimum atomic E-state index is 0.0926. The number of halogens is 2. The summed E-state index contributed by atoms with van der Waals surface area (Å²) in [5.41, 5.74) is 3.71. The molecule has 0 unspecified atom stereocenters. The molecular formula is C17H16ClFN4OS. The van der Waals surface area contributed by atoms with Crippen molar-refractivity contribution in [3.05, 3.63) is 41.2 Å². The highest BCUT2D eigenvalue weighted by atomic mass is 35.5. The molecule has 1 fully saturated rings. The zero-order chi connectivity index (χ0) is 17.4. The maximum absolute atomic E-state index is 13.2. The summed E-state index contributed by atoms with van der Waals surface area (Å²) in [5.74, 6) is 0.547. The third kappa shape index (κ3) is 3.07. The summed E-state index contributed by atoms with van der Waals surface area (Å²) in [6.45, 7) is 5.00. The van der Waals surface area contributed by atoms with Gasteiger partial charge in [-0.15, -0.1) is 3.89 Å². The van der Waals surface area contributed by atoms with Crippen molar-refractivity contribution >= 4 is 40.8 Å². The molecule has 5 nitrogen and oxygen atoms in total. The number of morpholine rings is 1. The van der Waals surface area contributed by atoms with Crippen LogP contribution in [0.3, 0.4) is 0 Å². The van der Waals surface area contributed by atoms with Gasteiger partial charge in [-0.2, -0.15) is 0 Å². The molecule has 3 aromatic rings. The molecule has 1 aliphatic heterocycles. The van der Waals surface area contributed by atoms with Gasteiger partial charge in [-0.3, -0.25) is 0 Å². The minimum absolute atomic E-state index is 0.0926. The average Bonchev–Trinajstić information content (AvgIpc) is 2.95. The molecule has 2 aromatic heterocycles. The van der Waals surface area contributed by atoms with Crippen molar-refractivity contribution in [1.29, 1.82) is 0 Å². The molecule has 1 aromatic carbocycles. The number of hydrogen-bond acceptors (Lipinski definition) is 5. The van der Waals surface area contributed by atoms with Gasteiger partial charge in [0, 0.05) is 24.3 Å². The highest BCUT2D eigenvalue weighted by Gasteiger charge is 2.16. The summed E-state index contributed by atoms with van der Waals surface area (Å²) in [6, 6.07) is 9.81. The van der Waals surface area contributed by atoms with E-state index in [2.05, 4.69) is 27.0 Å². The number of hydrogen-bond donors (Lipinski definition) is 0. The van der Waals surface area contributed by atoms with Crippen LogP contribution in [0.15, 0.2) is 30.3 Å². The fraction of sp³-hybridized carbons (Fsp3) is 0.294. The van der Waals surface area contributed by atoms with Gasteiger partial charge in [0.1, 0.15) is 11.3 Å². The second kappa shape index (κ2) is 6.82. The lowest BCUT2D eigenvalue weighted by Crippen LogP contribution is -2.36. The summed E-state index contributed by atoms with van der Waals surface area (Å²) in [7, 11) is 0. The van der Waals surface area contributed by atoms with Crippen LogP contribution in [0.5, 0.6) is 0 Å². The number of anilines is 1. The fourth-order valence-corrected chi connectivity index (χ4v) is 3.61. The van der Waals surface area contributed by atoms with Crippen molar-refractivity contribution < 1.29 is 8.62 Å². The number of benzene rings is 1. The quantitative estimate of drug-likeness (QED) is 0.680. The Morgan fingerprint density at radius 1 is 1.16 bits per heavy atom. The molecule has 0 radical (unpaired) electrons. The lowest BCUT2D eigenvalue weighted by atomic mass is 10.1. The number of pyridine rings is 1. The van der Waals surface area contributed by atoms with E-state index in [9.17, 15) is 3.89 Å². The highest BCUT2D eigenvalue weighted by Crippen LogP contribution is 2.32. The lowest BCUT2D eigenvalue weighted by Gasteiger charge is -2.28. The molecule has 0 spiro atoms. The Labute approximate surface area is 154 Å². The van der Waals surface area contributed by atoms with Crippen LogP contribution in [-0.2, 0) is 4.74 Å². The molecule has 3 heterocycles. The first-order chi connectivity index (χ1) is 12.2. The van der Waals surface area contributed by atoms with Crippen molar-refractivity contribution in [2.45, 2.75) is 6.92 Å². The second-order valence-corrected chi connectivity index (χ2v) is 6.74. The number of imidazole rings is 1. The summed E-state index contributed by atoms with van der Waals surface area (Å²) in [6.07, 6.45) is 0. The van der Waals surface area contributed by atoms with Gasteiger partial charge in [-0.25, -0.2) is 13.9 Å². The van der Waals surface area contributed by atoms with Crippen molar-refractivity contribution in [3.8, 4) is 11.3 Å². The van der Waals surface area contributed by atoms with Crippen molar-refractivity contribution in [2.24, 2.45) is 0 Å². The SMILES string of the molecule is Cc1nc2cc(Cl)c(-c3ccc(N4CCOCC4)cc3)nc2n1SF. The van der Waals surface area contributed by atoms with Crippen LogP contribution in [-0.4, -0.2) is 40.2 Å². The van der Waals surface area contributed by atoms with Crippen LogP contribution in [0.2, 0.25) is 5.02 Å². The van der Waals surface area contributed by atoms with E-state index in [0.717, 1.165) is 37.6 Å². The summed E-state index contributed by atoms with van der Waals surface area (Å²) < 4.78 is 19.9. The van der Waals surface area contributed by atoms with Gasteiger partial charge in [-0.1, -0.05) is 23.7 Å². The van der Waals surface area contributed by atoms with E-state index in [1.165, 1.54) is 3.97 Å². The molecule has 25 heavy (non-hydrogen) atoms. The molecule has 130 valence electrons. The van der Waals surface area contributed by atoms with E-state index in [0.29, 0.717) is 27.7 Å². The first kappa shape index (κ1) is 16.6. The van der Waals surface area contributed by atoms with Crippen LogP contribution in [0.25, 0.3) is 22.4 Å². The van der Waals surface area contributed by atoms with Crippen LogP contribution >= 0.6 is 23.9 Å². The Balaban J connectivity index is 1.72. The summed E-state index contributed by atoms with van der Waals surface area (Å²) in [4.78, 5) is 11.1. The Bertz CT molecular complexity index is 909. The first-order valence-electron chi connectivity index (χ1n) is 7.95. The molecule has 1 saturated heterocycles. The summed E-state index contributed by atoms with van der Waals surface area (Å²) in [5, 5.41) is 0.500. The van der Waals surface area contributed by atoms with E-state index in [1.54, 1.807) is 13.0 Å². The van der Waals surface area contributed by atoms with E-state index in [4.69, 9.17) is 16.3 Å². The van der Waals surface area contributed by atoms with Gasteiger partial charge in [0.25, 0.3) is 0 Å². The van der Waals surface area contributed by atoms with Crippen LogP contribution in [0.1, 0.15) is 5.82 Å². The van der Waals surface area contributed by atoms with E-state index in [-0.39, 0.29) is 12.3 Å². The molecule has 0 N–H and O–H groups in total. The maximum atomic E-state index is 13.2. The fourth-order valence-electron chi connectivity index (χ4n) is 3.01. The Morgan fingerprint density at radius 2 is 1.88 bits per heavy atom. The van der Waals surface area contributed by atoms with Crippen molar-refractivity contribution in [2.75, 3.05) is 31.2 Å². The smallest absolute Gasteiger partial charge is 0.173 e. The van der Waals surface area contributed by atoms with Crippen molar-refractivity contribution in [1.82, 2.24) is 13.9 Å². The average molecular weight is 379 g/mol. The molecule has 8 heteroatoms. The standard InChI is InChI=1S/C17H16ClFN4OS/c1-11-20-15-10-14(18)16(21-17(15)23(11)25-19)12-2-4-13(5-3-12)22-6-8-24-9-7-22/h2-5,10H,6-9H2,1H3. The Morgan fingerprint density at radius 3 is 2.56 bits per heavy atom. The van der Waals surface area contributed by atoms with E-state index >= 15 is 0 Å². The maximum Gasteiger partial charge on any atom is 0.173 e. The third-order valence-electron chi connectivity index (χ3n) is 4.29. The number of ether oxygens (including phenoxy) is 1. The lowest BCUT2D eigenvalue weighted by molar-refractivity contribution is 0.122. The Hall–Kier alpha value is -1.83. The zero-order valence-electron chi connectivity index (χ0n) is 13.6. The van der Waals surface area contributed by atoms with E-state index < -0.39 is 0 Å². The monoisotopic (exact) mass is 378 g/mol. The molecule has 4 rings (SSSR count). The largest absolute Gasteiger partial charge is 0.378 e. The first-order valence-corrected chi connectivity index (χ1v) is 9.00. The van der Waals surface area contributed by atoms with Gasteiger partial charge < -0.3 is 9.64 Å². The summed E-state index contributed by atoms with van der Waals surface area (Å²) >= 11 is 6.48. The predicted octanol–water partition coefficient (Wildman–Crippen LogP) is 4.28. The second-order valence-electron chi connectivity index (χ2n) is 5.83. The highest BCUT2D eigenvalue weighted by molar-refractivity contribution is 7.92. The number of rotatable bonds is 3. The van der Waals surface area contributed by atoms with Crippen molar-refractivity contribution in [3.63, 3.8) is 0 Å². The number of aryl methyl sites for hydroxylation is 1. The van der Waals surface area contributed by atoms with Gasteiger partial charge >= 0.3 is 0 Å². The van der Waals surface area contributed by atoms with Crippen LogP contribution in [0.4, 0.5) is 9.57 Å². The molecule has 0 atom stereocenters. The molecular weight excluding hydrogens is 363 g/mol. The topological polar surface area (TPSA) is 43.2 Å². The third-order valence-corrected chi connectivity index (χ3v) is 5.15. The predicted molar refractivity (Wildman–Crippen MR) is 99.8 cm³/mol. The van der Waals surface area contributed by atoms with Crippen LogP contribution in [0, 0.1) is 6.92 Å². The molecule has 0 bridgehead atoms. The van der Waals surface area contributed by atoms with Crippen LogP contribution < -0.4 is 4.90 Å². The minimum Gasteiger partial charge on any atom is -0.378 e. The van der Waals surface area contributed by atoms with E-state index in [1.807, 2.05) is 12.1 Å². The number of aromatic nitrogens is 3. The molecule has 0 saturated carbocycles. The number of nitrogens with zero attached hydrogens (tertiary/aromatic N) is 4. The number of fused-ring (bicyclic) bond motifs is 1. The zero-order valence-corrected chi connectivity index (χ0v) is 15.1.